The average Bonchev–Trinajstić information content (AvgIpc) is 2.60. The zero-order valence-corrected chi connectivity index (χ0v) is 12.8. The van der Waals surface area contributed by atoms with E-state index in [9.17, 15) is 18.8 Å². The first-order chi connectivity index (χ1) is 12.0. The van der Waals surface area contributed by atoms with E-state index in [1.54, 1.807) is 24.3 Å². The average molecular weight is 340 g/mol. The smallest absolute Gasteiger partial charge is 0.288 e. The Morgan fingerprint density at radius 2 is 1.80 bits per heavy atom. The largest absolute Gasteiger partial charge is 0.368 e. The lowest BCUT2D eigenvalue weighted by Gasteiger charge is -2.15. The molecule has 7 nitrogen and oxygen atoms in total. The molecule has 0 aliphatic heterocycles. The Hall–Kier alpha value is -3.55. The number of nitrogens with two attached hydrogens (primary N) is 1. The summed E-state index contributed by atoms with van der Waals surface area (Å²) in [5, 5.41) is 2.73. The summed E-state index contributed by atoms with van der Waals surface area (Å²) in [5.74, 6) is -2.35. The van der Waals surface area contributed by atoms with Gasteiger partial charge < -0.3 is 16.0 Å². The van der Waals surface area contributed by atoms with Crippen LogP contribution < -0.4 is 16.6 Å². The fourth-order valence-electron chi connectivity index (χ4n) is 2.37. The Balaban J connectivity index is 1.93. The number of halogens is 1. The van der Waals surface area contributed by atoms with E-state index >= 15 is 0 Å². The molecule has 25 heavy (non-hydrogen) atoms. The van der Waals surface area contributed by atoms with E-state index in [1.807, 2.05) is 0 Å². The number of para-hydroxylation sites is 1. The molecular weight excluding hydrogens is 327 g/mol. The second kappa shape index (κ2) is 6.52. The molecule has 0 aliphatic carbocycles. The molecule has 3 rings (SSSR count). The van der Waals surface area contributed by atoms with Crippen molar-refractivity contribution in [1.29, 1.82) is 0 Å². The molecule has 3 aromatic rings. The van der Waals surface area contributed by atoms with Gasteiger partial charge in [-0.25, -0.2) is 9.37 Å². The van der Waals surface area contributed by atoms with Crippen LogP contribution in [0.15, 0.2) is 53.3 Å². The van der Waals surface area contributed by atoms with Gasteiger partial charge in [0.25, 0.3) is 11.5 Å². The fraction of sp³-hybridized carbons (Fsp3) is 0.0588. The Morgan fingerprint density at radius 3 is 2.48 bits per heavy atom. The number of aromatic nitrogens is 2. The number of hydrogen-bond acceptors (Lipinski definition) is 4. The predicted molar refractivity (Wildman–Crippen MR) is 88.2 cm³/mol. The van der Waals surface area contributed by atoms with E-state index < -0.39 is 29.2 Å². The molecule has 4 N–H and O–H groups in total. The molecule has 0 radical (unpaired) electrons. The standard InChI is InChI=1S/C17H13FN4O3/c18-10-7-5-9(6-8-10)13(14(19)23)21-17(25)15-20-12-4-2-1-3-11(12)16(24)22-15/h1-8,13H,(H2,19,23)(H,21,25)(H,20,22,24)/t13-/m0/s1. The monoisotopic (exact) mass is 340 g/mol. The summed E-state index contributed by atoms with van der Waals surface area (Å²) < 4.78 is 13.0. The maximum absolute atomic E-state index is 13.0. The van der Waals surface area contributed by atoms with Crippen molar-refractivity contribution in [2.24, 2.45) is 5.73 Å². The van der Waals surface area contributed by atoms with Crippen LogP contribution in [0.2, 0.25) is 0 Å². The molecule has 8 heteroatoms. The highest BCUT2D eigenvalue weighted by Gasteiger charge is 2.22. The Morgan fingerprint density at radius 1 is 1.12 bits per heavy atom. The fourth-order valence-corrected chi connectivity index (χ4v) is 2.37. The molecule has 0 fully saturated rings. The first-order valence-corrected chi connectivity index (χ1v) is 7.30. The molecule has 0 bridgehead atoms. The number of fused-ring (bicyclic) bond motifs is 1. The number of benzene rings is 2. The molecule has 0 saturated carbocycles. The van der Waals surface area contributed by atoms with Gasteiger partial charge in [0, 0.05) is 0 Å². The normalized spacial score (nSPS) is 11.9. The molecule has 0 aliphatic rings. The van der Waals surface area contributed by atoms with Gasteiger partial charge in [0.2, 0.25) is 5.91 Å². The van der Waals surface area contributed by atoms with E-state index in [0.29, 0.717) is 16.5 Å². The van der Waals surface area contributed by atoms with Crippen molar-refractivity contribution in [3.63, 3.8) is 0 Å². The Bertz CT molecular complexity index is 1010. The molecule has 0 saturated heterocycles. The molecular formula is C17H13FN4O3. The number of carbonyl (C=O) groups is 2. The van der Waals surface area contributed by atoms with Crippen LogP contribution in [0.1, 0.15) is 22.2 Å². The minimum Gasteiger partial charge on any atom is -0.368 e. The lowest BCUT2D eigenvalue weighted by molar-refractivity contribution is -0.120. The zero-order chi connectivity index (χ0) is 18.0. The lowest BCUT2D eigenvalue weighted by Crippen LogP contribution is -2.38. The van der Waals surface area contributed by atoms with Gasteiger partial charge in [-0.2, -0.15) is 0 Å². The first-order valence-electron chi connectivity index (χ1n) is 7.30. The van der Waals surface area contributed by atoms with Crippen LogP contribution >= 0.6 is 0 Å². The molecule has 126 valence electrons. The van der Waals surface area contributed by atoms with Gasteiger partial charge in [-0.05, 0) is 29.8 Å². The second-order valence-corrected chi connectivity index (χ2v) is 5.29. The van der Waals surface area contributed by atoms with Crippen LogP contribution in [0, 0.1) is 5.82 Å². The molecule has 1 heterocycles. The highest BCUT2D eigenvalue weighted by atomic mass is 19.1. The van der Waals surface area contributed by atoms with Crippen molar-refractivity contribution in [1.82, 2.24) is 15.3 Å². The summed E-state index contributed by atoms with van der Waals surface area (Å²) in [4.78, 5) is 42.5. The van der Waals surface area contributed by atoms with Gasteiger partial charge in [-0.1, -0.05) is 24.3 Å². The minimum absolute atomic E-state index is 0.253. The number of nitrogens with zero attached hydrogens (tertiary/aromatic N) is 1. The van der Waals surface area contributed by atoms with Crippen molar-refractivity contribution in [3.05, 3.63) is 76.1 Å². The van der Waals surface area contributed by atoms with Crippen LogP contribution in [0.25, 0.3) is 10.9 Å². The van der Waals surface area contributed by atoms with E-state index in [0.717, 1.165) is 12.1 Å². The highest BCUT2D eigenvalue weighted by Crippen LogP contribution is 2.14. The topological polar surface area (TPSA) is 118 Å². The zero-order valence-electron chi connectivity index (χ0n) is 12.8. The van der Waals surface area contributed by atoms with Crippen LogP contribution in [0.3, 0.4) is 0 Å². The SMILES string of the molecule is NC(=O)[C@@H](NC(=O)c1nc2ccccc2c(=O)[nH]1)c1ccc(F)cc1. The number of amides is 2. The van der Waals surface area contributed by atoms with Crippen LogP contribution in [0.5, 0.6) is 0 Å². The van der Waals surface area contributed by atoms with E-state index in [1.165, 1.54) is 12.1 Å². The predicted octanol–water partition coefficient (Wildman–Crippen LogP) is 1.02. The molecule has 2 amide bonds. The third kappa shape index (κ3) is 3.37. The summed E-state index contributed by atoms with van der Waals surface area (Å²) in [7, 11) is 0. The van der Waals surface area contributed by atoms with Gasteiger partial charge in [0.1, 0.15) is 11.9 Å². The van der Waals surface area contributed by atoms with Crippen molar-refractivity contribution in [3.8, 4) is 0 Å². The number of rotatable bonds is 4. The first kappa shape index (κ1) is 16.3. The Kier molecular flexibility index (Phi) is 4.25. The molecule has 1 atom stereocenters. The van der Waals surface area contributed by atoms with Crippen LogP contribution in [0.4, 0.5) is 4.39 Å². The van der Waals surface area contributed by atoms with E-state index in [4.69, 9.17) is 5.73 Å². The summed E-state index contributed by atoms with van der Waals surface area (Å²) in [6, 6.07) is 10.3. The summed E-state index contributed by atoms with van der Waals surface area (Å²) in [5.41, 5.74) is 5.49. The third-order valence-corrected chi connectivity index (χ3v) is 3.59. The van der Waals surface area contributed by atoms with Gasteiger partial charge >= 0.3 is 0 Å². The van der Waals surface area contributed by atoms with Gasteiger partial charge in [-0.15, -0.1) is 0 Å². The maximum atomic E-state index is 13.0. The van der Waals surface area contributed by atoms with Crippen molar-refractivity contribution in [2.45, 2.75) is 6.04 Å². The number of nitrogens with one attached hydrogen (secondary N) is 2. The van der Waals surface area contributed by atoms with Crippen LogP contribution in [-0.4, -0.2) is 21.8 Å². The molecule has 0 spiro atoms. The van der Waals surface area contributed by atoms with Crippen molar-refractivity contribution >= 4 is 22.7 Å². The lowest BCUT2D eigenvalue weighted by atomic mass is 10.1. The molecule has 0 unspecified atom stereocenters. The molecule has 2 aromatic carbocycles. The van der Waals surface area contributed by atoms with E-state index in [-0.39, 0.29) is 5.82 Å². The highest BCUT2D eigenvalue weighted by molar-refractivity contribution is 5.96. The van der Waals surface area contributed by atoms with Gasteiger partial charge in [0.15, 0.2) is 5.82 Å². The quantitative estimate of drug-likeness (QED) is 0.657. The van der Waals surface area contributed by atoms with Gasteiger partial charge in [-0.3, -0.25) is 14.4 Å². The van der Waals surface area contributed by atoms with E-state index in [2.05, 4.69) is 15.3 Å². The number of aromatic amines is 1. The van der Waals surface area contributed by atoms with Crippen molar-refractivity contribution < 1.29 is 14.0 Å². The minimum atomic E-state index is -1.19. The second-order valence-electron chi connectivity index (χ2n) is 5.29. The number of primary amides is 1. The summed E-state index contributed by atoms with van der Waals surface area (Å²) in [6.07, 6.45) is 0. The van der Waals surface area contributed by atoms with Crippen molar-refractivity contribution in [2.75, 3.05) is 0 Å². The van der Waals surface area contributed by atoms with Gasteiger partial charge in [0.05, 0.1) is 10.9 Å². The third-order valence-electron chi connectivity index (χ3n) is 3.59. The molecule has 1 aromatic heterocycles. The number of hydrogen-bond donors (Lipinski definition) is 3. The summed E-state index contributed by atoms with van der Waals surface area (Å²) in [6.45, 7) is 0. The van der Waals surface area contributed by atoms with Crippen LogP contribution in [-0.2, 0) is 4.79 Å². The number of H-pyrrole nitrogens is 1. The summed E-state index contributed by atoms with van der Waals surface area (Å²) >= 11 is 0. The Labute approximate surface area is 140 Å². The number of carbonyl (C=O) groups excluding carboxylic acids is 2. The maximum Gasteiger partial charge on any atom is 0.288 e.